The van der Waals surface area contributed by atoms with E-state index in [-0.39, 0.29) is 23.3 Å². The van der Waals surface area contributed by atoms with Gasteiger partial charge in [-0.1, -0.05) is 32.9 Å². The highest BCUT2D eigenvalue weighted by Crippen LogP contribution is 2.22. The monoisotopic (exact) mass is 280 g/mol. The predicted molar refractivity (Wildman–Crippen MR) is 75.1 cm³/mol. The van der Waals surface area contributed by atoms with Crippen LogP contribution in [-0.2, 0) is 10.2 Å². The van der Waals surface area contributed by atoms with E-state index in [0.717, 1.165) is 13.1 Å². The van der Waals surface area contributed by atoms with Crippen LogP contribution in [-0.4, -0.2) is 29.1 Å². The van der Waals surface area contributed by atoms with E-state index in [1.165, 1.54) is 0 Å². The zero-order valence-electron chi connectivity index (χ0n) is 12.9. The molecular formula is C14H24N4O2. The lowest BCUT2D eigenvalue weighted by Gasteiger charge is -2.32. The van der Waals surface area contributed by atoms with Gasteiger partial charge in [-0.3, -0.25) is 4.79 Å². The number of hydrogen-bond donors (Lipinski definition) is 2. The molecule has 2 atom stereocenters. The Hall–Kier alpha value is -1.43. The fraction of sp³-hybridized carbons (Fsp3) is 0.786. The summed E-state index contributed by atoms with van der Waals surface area (Å²) in [4.78, 5) is 16.5. The van der Waals surface area contributed by atoms with Crippen LogP contribution in [0.1, 0.15) is 52.4 Å². The summed E-state index contributed by atoms with van der Waals surface area (Å²) in [7, 11) is 0. The molecule has 1 aromatic rings. The summed E-state index contributed by atoms with van der Waals surface area (Å²) in [5.74, 6) is 1.59. The molecule has 0 bridgehead atoms. The van der Waals surface area contributed by atoms with Crippen LogP contribution in [0.2, 0.25) is 0 Å². The van der Waals surface area contributed by atoms with Crippen LogP contribution in [0.25, 0.3) is 0 Å². The van der Waals surface area contributed by atoms with Crippen LogP contribution in [0.4, 0.5) is 0 Å². The summed E-state index contributed by atoms with van der Waals surface area (Å²) < 4.78 is 5.25. The summed E-state index contributed by atoms with van der Waals surface area (Å²) in [5.41, 5.74) is -0.156. The van der Waals surface area contributed by atoms with E-state index in [1.54, 1.807) is 0 Å². The fourth-order valence-corrected chi connectivity index (χ4v) is 2.00. The Morgan fingerprint density at radius 1 is 1.40 bits per heavy atom. The zero-order chi connectivity index (χ0) is 14.9. The van der Waals surface area contributed by atoms with Crippen LogP contribution in [0.5, 0.6) is 0 Å². The first-order chi connectivity index (χ1) is 9.29. The molecule has 6 nitrogen and oxygen atoms in total. The Bertz CT molecular complexity index is 474. The molecule has 0 radical (unpaired) electrons. The van der Waals surface area contributed by atoms with Gasteiger partial charge in [-0.05, 0) is 25.9 Å². The van der Waals surface area contributed by atoms with Crippen molar-refractivity contribution < 1.29 is 9.32 Å². The molecule has 1 saturated heterocycles. The maximum Gasteiger partial charge on any atom is 0.248 e. The molecule has 0 aliphatic carbocycles. The van der Waals surface area contributed by atoms with Gasteiger partial charge in [0.25, 0.3) is 0 Å². The molecule has 112 valence electrons. The van der Waals surface area contributed by atoms with Crippen molar-refractivity contribution in [2.24, 2.45) is 11.8 Å². The molecule has 0 spiro atoms. The number of hydrogen-bond acceptors (Lipinski definition) is 5. The lowest BCUT2D eigenvalue weighted by atomic mass is 9.88. The molecule has 0 saturated carbocycles. The van der Waals surface area contributed by atoms with Gasteiger partial charge in [-0.15, -0.1) is 0 Å². The minimum Gasteiger partial charge on any atom is -0.344 e. The Kier molecular flexibility index (Phi) is 4.13. The van der Waals surface area contributed by atoms with Gasteiger partial charge < -0.3 is 15.2 Å². The topological polar surface area (TPSA) is 80.0 Å². The van der Waals surface area contributed by atoms with Gasteiger partial charge in [-0.25, -0.2) is 0 Å². The molecule has 20 heavy (non-hydrogen) atoms. The summed E-state index contributed by atoms with van der Waals surface area (Å²) in [6.45, 7) is 11.7. The van der Waals surface area contributed by atoms with E-state index in [1.807, 2.05) is 34.6 Å². The van der Waals surface area contributed by atoms with Gasteiger partial charge in [0, 0.05) is 11.3 Å². The first-order valence-electron chi connectivity index (χ1n) is 7.14. The molecule has 6 heteroatoms. The molecule has 1 aliphatic heterocycles. The third kappa shape index (κ3) is 3.17. The highest BCUT2D eigenvalue weighted by Gasteiger charge is 2.30. The van der Waals surface area contributed by atoms with E-state index in [0.29, 0.717) is 17.6 Å². The average Bonchev–Trinajstić information content (AvgIpc) is 2.74. The van der Waals surface area contributed by atoms with Gasteiger partial charge in [0.05, 0.1) is 0 Å². The lowest BCUT2D eigenvalue weighted by Crippen LogP contribution is -2.49. The van der Waals surface area contributed by atoms with Crippen LogP contribution < -0.4 is 10.6 Å². The molecule has 2 unspecified atom stereocenters. The molecule has 2 heterocycles. The van der Waals surface area contributed by atoms with Crippen molar-refractivity contribution in [3.8, 4) is 0 Å². The Morgan fingerprint density at radius 2 is 2.05 bits per heavy atom. The van der Waals surface area contributed by atoms with Gasteiger partial charge in [0.15, 0.2) is 5.82 Å². The summed E-state index contributed by atoms with van der Waals surface area (Å²) in [6.07, 6.45) is 0. The van der Waals surface area contributed by atoms with Crippen molar-refractivity contribution in [3.63, 3.8) is 0 Å². The number of nitrogens with zero attached hydrogens (tertiary/aromatic N) is 2. The van der Waals surface area contributed by atoms with Gasteiger partial charge in [-0.2, -0.15) is 4.98 Å². The molecule has 2 N–H and O–H groups in total. The molecule has 1 aromatic heterocycles. The third-order valence-corrected chi connectivity index (χ3v) is 3.78. The van der Waals surface area contributed by atoms with Gasteiger partial charge >= 0.3 is 0 Å². The predicted octanol–water partition coefficient (Wildman–Crippen LogP) is 1.40. The number of rotatable bonds is 4. The van der Waals surface area contributed by atoms with Crippen LogP contribution in [0, 0.1) is 11.8 Å². The highest BCUT2D eigenvalue weighted by atomic mass is 16.5. The minimum absolute atomic E-state index is 0.00343. The van der Waals surface area contributed by atoms with E-state index < -0.39 is 0 Å². The molecule has 1 fully saturated rings. The molecule has 1 amide bonds. The highest BCUT2D eigenvalue weighted by molar-refractivity contribution is 5.79. The SMILES string of the molecule is CC(NC(=O)C(C)C1CNC1)c1nc(C(C)(C)C)no1. The maximum absolute atomic E-state index is 12.1. The van der Waals surface area contributed by atoms with E-state index in [9.17, 15) is 4.79 Å². The van der Waals surface area contributed by atoms with Crippen LogP contribution >= 0.6 is 0 Å². The Labute approximate surface area is 119 Å². The number of aromatic nitrogens is 2. The molecular weight excluding hydrogens is 256 g/mol. The second kappa shape index (κ2) is 5.52. The number of carbonyl (C=O) groups excluding carboxylic acids is 1. The minimum atomic E-state index is -0.262. The third-order valence-electron chi connectivity index (χ3n) is 3.78. The smallest absolute Gasteiger partial charge is 0.248 e. The maximum atomic E-state index is 12.1. The second-order valence-electron chi connectivity index (χ2n) is 6.64. The van der Waals surface area contributed by atoms with Gasteiger partial charge in [0.2, 0.25) is 11.8 Å². The first-order valence-corrected chi connectivity index (χ1v) is 7.14. The summed E-state index contributed by atoms with van der Waals surface area (Å²) in [6, 6.07) is -0.262. The van der Waals surface area contributed by atoms with Crippen LogP contribution in [0.3, 0.4) is 0 Å². The normalized spacial score (nSPS) is 19.2. The molecule has 0 aromatic carbocycles. The number of amides is 1. The molecule has 2 rings (SSSR count). The second-order valence-corrected chi connectivity index (χ2v) is 6.64. The first kappa shape index (κ1) is 15.0. The van der Waals surface area contributed by atoms with Crippen molar-refractivity contribution in [3.05, 3.63) is 11.7 Å². The molecule has 1 aliphatic rings. The van der Waals surface area contributed by atoms with Crippen LogP contribution in [0.15, 0.2) is 4.52 Å². The van der Waals surface area contributed by atoms with Gasteiger partial charge in [0.1, 0.15) is 6.04 Å². The largest absolute Gasteiger partial charge is 0.344 e. The Morgan fingerprint density at radius 3 is 2.50 bits per heavy atom. The summed E-state index contributed by atoms with van der Waals surface area (Å²) >= 11 is 0. The van der Waals surface area contributed by atoms with E-state index >= 15 is 0 Å². The van der Waals surface area contributed by atoms with E-state index in [4.69, 9.17) is 4.52 Å². The van der Waals surface area contributed by atoms with Crippen molar-refractivity contribution in [2.45, 2.75) is 46.1 Å². The summed E-state index contributed by atoms with van der Waals surface area (Å²) in [5, 5.41) is 10.1. The van der Waals surface area contributed by atoms with E-state index in [2.05, 4.69) is 20.8 Å². The average molecular weight is 280 g/mol. The zero-order valence-corrected chi connectivity index (χ0v) is 12.9. The van der Waals surface area contributed by atoms with Crippen molar-refractivity contribution in [2.75, 3.05) is 13.1 Å². The Balaban J connectivity index is 1.95. The quantitative estimate of drug-likeness (QED) is 0.871. The lowest BCUT2D eigenvalue weighted by molar-refractivity contribution is -0.127. The standard InChI is InChI=1S/C14H24N4O2/c1-8(10-6-15-7-10)11(19)16-9(2)12-17-13(18-20-12)14(3,4)5/h8-10,15H,6-7H2,1-5H3,(H,16,19). The number of carbonyl (C=O) groups is 1. The van der Waals surface area contributed by atoms with Crippen molar-refractivity contribution in [1.29, 1.82) is 0 Å². The van der Waals surface area contributed by atoms with Crippen molar-refractivity contribution in [1.82, 2.24) is 20.8 Å². The fourth-order valence-electron chi connectivity index (χ4n) is 2.00. The number of nitrogens with one attached hydrogen (secondary N) is 2. The van der Waals surface area contributed by atoms with Crippen molar-refractivity contribution >= 4 is 5.91 Å².